The highest BCUT2D eigenvalue weighted by Crippen LogP contribution is 2.39. The molecule has 184 valence electrons. The molecule has 8 heteroatoms. The number of fused-ring (bicyclic) bond motifs is 1. The number of aryl methyl sites for hydroxylation is 1. The minimum absolute atomic E-state index is 0.0170. The number of carboxylic acids is 1. The van der Waals surface area contributed by atoms with Crippen molar-refractivity contribution in [2.24, 2.45) is 5.92 Å². The molecule has 1 heterocycles. The molecule has 3 aromatic rings. The molecule has 4 rings (SSSR count). The van der Waals surface area contributed by atoms with Gasteiger partial charge >= 0.3 is 12.1 Å². The Labute approximate surface area is 201 Å². The van der Waals surface area contributed by atoms with E-state index in [0.717, 1.165) is 47.4 Å². The Morgan fingerprint density at radius 1 is 1.23 bits per heavy atom. The van der Waals surface area contributed by atoms with Gasteiger partial charge in [-0.15, -0.1) is 0 Å². The fourth-order valence-corrected chi connectivity index (χ4v) is 4.36. The van der Waals surface area contributed by atoms with Crippen molar-refractivity contribution in [2.75, 3.05) is 6.61 Å². The summed E-state index contributed by atoms with van der Waals surface area (Å²) in [5, 5.41) is 9.07. The van der Waals surface area contributed by atoms with E-state index in [2.05, 4.69) is 11.9 Å². The number of alkyl halides is 3. The molecule has 0 amide bonds. The summed E-state index contributed by atoms with van der Waals surface area (Å²) < 4.78 is 50.2. The summed E-state index contributed by atoms with van der Waals surface area (Å²) in [5.74, 6) is 1.04. The Morgan fingerprint density at radius 3 is 2.66 bits per heavy atom. The zero-order chi connectivity index (χ0) is 25.2. The second-order valence-electron chi connectivity index (χ2n) is 8.67. The largest absolute Gasteiger partial charge is 0.493 e. The molecule has 1 aromatic heterocycles. The van der Waals surface area contributed by atoms with E-state index in [1.807, 2.05) is 18.2 Å². The summed E-state index contributed by atoms with van der Waals surface area (Å²) >= 11 is 0. The van der Waals surface area contributed by atoms with Crippen molar-refractivity contribution in [3.63, 3.8) is 0 Å². The first kappa shape index (κ1) is 24.6. The predicted octanol–water partition coefficient (Wildman–Crippen LogP) is 6.73. The van der Waals surface area contributed by atoms with Crippen LogP contribution in [0.2, 0.25) is 0 Å². The molecular formula is C27H26F3NO4. The van der Waals surface area contributed by atoms with Gasteiger partial charge in [-0.25, -0.2) is 4.98 Å². The summed E-state index contributed by atoms with van der Waals surface area (Å²) in [5.41, 5.74) is 3.57. The van der Waals surface area contributed by atoms with Gasteiger partial charge in [0.1, 0.15) is 11.5 Å². The fraction of sp³-hybridized carbons (Fsp3) is 0.333. The van der Waals surface area contributed by atoms with Crippen LogP contribution < -0.4 is 4.74 Å². The lowest BCUT2D eigenvalue weighted by Gasteiger charge is -2.27. The van der Waals surface area contributed by atoms with E-state index in [9.17, 15) is 18.0 Å². The van der Waals surface area contributed by atoms with Crippen molar-refractivity contribution in [2.45, 2.75) is 45.7 Å². The Bertz CT molecular complexity index is 1240. The van der Waals surface area contributed by atoms with Crippen LogP contribution in [0.4, 0.5) is 13.2 Å². The molecule has 0 bridgehead atoms. The molecule has 0 radical (unpaired) electrons. The van der Waals surface area contributed by atoms with Gasteiger partial charge in [-0.2, -0.15) is 13.2 Å². The maximum absolute atomic E-state index is 12.8. The van der Waals surface area contributed by atoms with Gasteiger partial charge in [0.2, 0.25) is 5.89 Å². The van der Waals surface area contributed by atoms with Gasteiger partial charge in [-0.05, 0) is 67.2 Å². The lowest BCUT2D eigenvalue weighted by Crippen LogP contribution is -2.13. The van der Waals surface area contributed by atoms with Crippen LogP contribution in [-0.2, 0) is 23.8 Å². The van der Waals surface area contributed by atoms with Gasteiger partial charge in [0.05, 0.1) is 24.3 Å². The normalized spacial score (nSPS) is 16.8. The van der Waals surface area contributed by atoms with E-state index < -0.39 is 17.7 Å². The number of carbonyl (C=O) groups is 1. The number of ether oxygens (including phenoxy) is 1. The summed E-state index contributed by atoms with van der Waals surface area (Å²) in [7, 11) is 0. The summed E-state index contributed by atoms with van der Waals surface area (Å²) in [6.45, 7) is 4.22. The van der Waals surface area contributed by atoms with Crippen LogP contribution in [0, 0.1) is 12.8 Å². The lowest BCUT2D eigenvalue weighted by molar-refractivity contribution is -0.138. The highest BCUT2D eigenvalue weighted by atomic mass is 19.4. The molecule has 1 unspecified atom stereocenters. The van der Waals surface area contributed by atoms with E-state index in [1.165, 1.54) is 12.1 Å². The molecule has 0 aliphatic heterocycles. The number of aromatic nitrogens is 1. The topological polar surface area (TPSA) is 72.6 Å². The van der Waals surface area contributed by atoms with E-state index >= 15 is 0 Å². The molecule has 0 fully saturated rings. The van der Waals surface area contributed by atoms with Crippen molar-refractivity contribution in [1.82, 2.24) is 4.98 Å². The Morgan fingerprint density at radius 2 is 1.97 bits per heavy atom. The van der Waals surface area contributed by atoms with Crippen molar-refractivity contribution in [3.05, 3.63) is 76.7 Å². The molecule has 0 saturated heterocycles. The lowest BCUT2D eigenvalue weighted by atomic mass is 9.79. The highest BCUT2D eigenvalue weighted by Gasteiger charge is 2.30. The maximum atomic E-state index is 12.8. The molecule has 5 nitrogen and oxygen atoms in total. The number of carboxylic acid groups (broad SMARTS) is 1. The molecule has 1 N–H and O–H groups in total. The molecule has 0 saturated carbocycles. The Kier molecular flexibility index (Phi) is 7.00. The van der Waals surface area contributed by atoms with Crippen LogP contribution >= 0.6 is 0 Å². The third-order valence-corrected chi connectivity index (χ3v) is 6.25. The SMILES string of the molecule is Cc1oc(-c2ccc(C(F)(F)F)cc2)nc1CCOc1cccc2c1CCC(C)/C2=C/CC(=O)O. The number of rotatable bonds is 7. The number of nitrogens with zero attached hydrogens (tertiary/aromatic N) is 1. The number of hydrogen-bond donors (Lipinski definition) is 1. The van der Waals surface area contributed by atoms with Crippen molar-refractivity contribution >= 4 is 11.5 Å². The molecular weight excluding hydrogens is 459 g/mol. The Balaban J connectivity index is 1.46. The summed E-state index contributed by atoms with van der Waals surface area (Å²) in [4.78, 5) is 15.5. The fourth-order valence-electron chi connectivity index (χ4n) is 4.36. The maximum Gasteiger partial charge on any atom is 0.416 e. The third kappa shape index (κ3) is 5.58. The molecule has 1 aliphatic carbocycles. The quantitative estimate of drug-likeness (QED) is 0.402. The van der Waals surface area contributed by atoms with Gasteiger partial charge in [-0.1, -0.05) is 25.1 Å². The average molecular weight is 486 g/mol. The summed E-state index contributed by atoms with van der Waals surface area (Å²) in [6, 6.07) is 10.5. The monoisotopic (exact) mass is 485 g/mol. The number of halogens is 3. The van der Waals surface area contributed by atoms with Gasteiger partial charge in [0.15, 0.2) is 0 Å². The zero-order valence-electron chi connectivity index (χ0n) is 19.5. The van der Waals surface area contributed by atoms with Crippen molar-refractivity contribution < 1.29 is 32.2 Å². The number of hydrogen-bond acceptors (Lipinski definition) is 4. The minimum Gasteiger partial charge on any atom is -0.493 e. The summed E-state index contributed by atoms with van der Waals surface area (Å²) in [6.07, 6.45) is -0.393. The van der Waals surface area contributed by atoms with E-state index in [0.29, 0.717) is 30.0 Å². The molecule has 0 spiro atoms. The van der Waals surface area contributed by atoms with E-state index in [1.54, 1.807) is 13.0 Å². The van der Waals surface area contributed by atoms with E-state index in [4.69, 9.17) is 14.3 Å². The predicted molar refractivity (Wildman–Crippen MR) is 125 cm³/mol. The number of benzene rings is 2. The van der Waals surface area contributed by atoms with Gasteiger partial charge in [0.25, 0.3) is 0 Å². The Hall–Kier alpha value is -3.55. The van der Waals surface area contributed by atoms with Gasteiger partial charge in [-0.3, -0.25) is 4.79 Å². The van der Waals surface area contributed by atoms with Gasteiger partial charge in [0, 0.05) is 17.5 Å². The van der Waals surface area contributed by atoms with Crippen LogP contribution in [0.3, 0.4) is 0 Å². The number of allylic oxidation sites excluding steroid dienone is 1. The first-order valence-electron chi connectivity index (χ1n) is 11.4. The second kappa shape index (κ2) is 9.98. The van der Waals surface area contributed by atoms with Crippen LogP contribution in [0.25, 0.3) is 17.0 Å². The van der Waals surface area contributed by atoms with Crippen molar-refractivity contribution in [1.29, 1.82) is 0 Å². The van der Waals surface area contributed by atoms with Crippen LogP contribution in [0.1, 0.15) is 47.9 Å². The average Bonchev–Trinajstić information content (AvgIpc) is 3.18. The highest BCUT2D eigenvalue weighted by molar-refractivity contribution is 5.77. The second-order valence-corrected chi connectivity index (χ2v) is 8.67. The first-order chi connectivity index (χ1) is 16.6. The smallest absolute Gasteiger partial charge is 0.416 e. The molecule has 35 heavy (non-hydrogen) atoms. The molecule has 2 aromatic carbocycles. The van der Waals surface area contributed by atoms with Crippen LogP contribution in [-0.4, -0.2) is 22.7 Å². The number of aliphatic carboxylic acids is 1. The van der Waals surface area contributed by atoms with E-state index in [-0.39, 0.29) is 18.2 Å². The molecule has 1 aliphatic rings. The third-order valence-electron chi connectivity index (χ3n) is 6.25. The standard InChI is InChI=1S/C27H26F3NO4/c1-16-6-11-22-21(20(16)12-13-25(32)33)4-3-5-24(22)34-15-14-23-17(2)35-26(31-23)18-7-9-19(10-8-18)27(28,29)30/h3-5,7-10,12,16H,6,11,13-15H2,1-2H3,(H,32,33)/b20-12-. The van der Waals surface area contributed by atoms with Gasteiger partial charge < -0.3 is 14.3 Å². The van der Waals surface area contributed by atoms with Crippen LogP contribution in [0.5, 0.6) is 5.75 Å². The van der Waals surface area contributed by atoms with Crippen molar-refractivity contribution in [3.8, 4) is 17.2 Å². The number of oxazole rings is 1. The van der Waals surface area contributed by atoms with Crippen LogP contribution in [0.15, 0.2) is 53.0 Å². The first-order valence-corrected chi connectivity index (χ1v) is 11.4. The minimum atomic E-state index is -4.39. The zero-order valence-corrected chi connectivity index (χ0v) is 19.5. The molecule has 1 atom stereocenters.